The highest BCUT2D eigenvalue weighted by Gasteiger charge is 2.14. The second-order valence-corrected chi connectivity index (χ2v) is 6.94. The van der Waals surface area contributed by atoms with Crippen molar-refractivity contribution < 1.29 is 0 Å². The molecule has 9 heteroatoms. The zero-order valence-corrected chi connectivity index (χ0v) is 16.6. The van der Waals surface area contributed by atoms with Crippen LogP contribution in [0.3, 0.4) is 0 Å². The normalized spacial score (nSPS) is 11.1. The fraction of sp³-hybridized carbons (Fsp3) is 0.800. The van der Waals surface area contributed by atoms with Crippen LogP contribution in [0.4, 0.5) is 0 Å². The molecule has 0 bridgehead atoms. The number of thiol groups is 3. The van der Waals surface area contributed by atoms with Crippen LogP contribution in [0.5, 0.6) is 0 Å². The third-order valence-corrected chi connectivity index (χ3v) is 4.70. The van der Waals surface area contributed by atoms with Crippen LogP contribution in [0.25, 0.3) is 0 Å². The minimum Gasteiger partial charge on any atom is -0.247 e. The summed E-state index contributed by atoms with van der Waals surface area (Å²) in [6.45, 7) is 0.951. The van der Waals surface area contributed by atoms with E-state index >= 15 is 0 Å². The van der Waals surface area contributed by atoms with Gasteiger partial charge in [0.25, 0.3) is 0 Å². The number of hydrogen-bond acceptors (Lipinski definition) is 6. The quantitative estimate of drug-likeness (QED) is 0.370. The average molecular weight is 394 g/mol. The van der Waals surface area contributed by atoms with Crippen molar-refractivity contribution in [1.29, 1.82) is 0 Å². The highest BCUT2D eigenvalue weighted by atomic mass is 32.1. The van der Waals surface area contributed by atoms with Gasteiger partial charge in [-0.25, -0.2) is 28.1 Å². The third-order valence-electron chi connectivity index (χ3n) is 3.75. The summed E-state index contributed by atoms with van der Waals surface area (Å²) in [5, 5.41) is 0. The van der Waals surface area contributed by atoms with E-state index in [0.717, 1.165) is 19.3 Å². The van der Waals surface area contributed by atoms with Gasteiger partial charge in [0, 0.05) is 19.6 Å². The molecular formula is C15H27N3O3S3. The van der Waals surface area contributed by atoms with E-state index in [2.05, 4.69) is 37.9 Å². The molecule has 24 heavy (non-hydrogen) atoms. The molecule has 0 N–H and O–H groups in total. The Morgan fingerprint density at radius 1 is 0.500 bits per heavy atom. The molecular weight excluding hydrogens is 366 g/mol. The van der Waals surface area contributed by atoms with E-state index in [1.165, 1.54) is 13.7 Å². The molecule has 1 heterocycles. The molecule has 0 radical (unpaired) electrons. The lowest BCUT2D eigenvalue weighted by Crippen LogP contribution is -2.54. The molecule has 0 aliphatic rings. The van der Waals surface area contributed by atoms with Crippen molar-refractivity contribution >= 4 is 37.9 Å². The first-order chi connectivity index (χ1) is 11.6. The maximum absolute atomic E-state index is 12.5. The van der Waals surface area contributed by atoms with Crippen LogP contribution in [-0.2, 0) is 19.6 Å². The lowest BCUT2D eigenvalue weighted by atomic mass is 10.3. The summed E-state index contributed by atoms with van der Waals surface area (Å²) in [5.41, 5.74) is -1.52. The molecule has 1 aromatic heterocycles. The molecule has 0 amide bonds. The zero-order chi connectivity index (χ0) is 17.9. The van der Waals surface area contributed by atoms with Gasteiger partial charge in [-0.15, -0.1) is 0 Å². The third kappa shape index (κ3) is 6.07. The standard InChI is InChI=1S/C15H27N3O3S3/c19-13-16(7-1-4-10-22)14(20)18(9-3-6-12-24)15(21)17(13)8-2-5-11-23/h22-24H,1-12H2. The number of unbranched alkanes of at least 4 members (excludes halogenated alkanes) is 3. The Morgan fingerprint density at radius 2 is 0.750 bits per heavy atom. The number of nitrogens with zero attached hydrogens (tertiary/aromatic N) is 3. The van der Waals surface area contributed by atoms with Crippen LogP contribution >= 0.6 is 37.9 Å². The molecule has 0 aliphatic carbocycles. The van der Waals surface area contributed by atoms with Crippen molar-refractivity contribution in [3.8, 4) is 0 Å². The topological polar surface area (TPSA) is 66.0 Å². The summed E-state index contributed by atoms with van der Waals surface area (Å²) in [4.78, 5) is 37.6. The van der Waals surface area contributed by atoms with E-state index in [-0.39, 0.29) is 0 Å². The van der Waals surface area contributed by atoms with Gasteiger partial charge >= 0.3 is 17.1 Å². The first-order valence-corrected chi connectivity index (χ1v) is 10.2. The fourth-order valence-electron chi connectivity index (χ4n) is 2.40. The van der Waals surface area contributed by atoms with E-state index in [1.807, 2.05) is 0 Å². The first-order valence-electron chi connectivity index (χ1n) is 8.35. The Bertz CT molecular complexity index is 546. The van der Waals surface area contributed by atoms with E-state index in [1.54, 1.807) is 0 Å². The van der Waals surface area contributed by atoms with Crippen LogP contribution in [0.15, 0.2) is 14.4 Å². The smallest absolute Gasteiger partial charge is 0.247 e. The highest BCUT2D eigenvalue weighted by Crippen LogP contribution is 1.96. The predicted molar refractivity (Wildman–Crippen MR) is 108 cm³/mol. The van der Waals surface area contributed by atoms with Crippen molar-refractivity contribution in [3.05, 3.63) is 31.5 Å². The maximum Gasteiger partial charge on any atom is 0.336 e. The van der Waals surface area contributed by atoms with E-state index < -0.39 is 17.1 Å². The maximum atomic E-state index is 12.5. The van der Waals surface area contributed by atoms with Gasteiger partial charge < -0.3 is 0 Å². The SMILES string of the molecule is O=c1n(CCCCS)c(=O)n(CCCCS)c(=O)n1CCCCS. The van der Waals surface area contributed by atoms with Gasteiger partial charge in [0.2, 0.25) is 0 Å². The summed E-state index contributed by atoms with van der Waals surface area (Å²) in [6.07, 6.45) is 4.49. The Kier molecular flexibility index (Phi) is 10.7. The Balaban J connectivity index is 3.22. The zero-order valence-electron chi connectivity index (χ0n) is 13.9. The number of rotatable bonds is 12. The molecule has 1 aromatic rings. The van der Waals surface area contributed by atoms with Gasteiger partial charge in [-0.2, -0.15) is 37.9 Å². The summed E-state index contributed by atoms with van der Waals surface area (Å²) >= 11 is 12.4. The Labute approximate surface area is 158 Å². The highest BCUT2D eigenvalue weighted by molar-refractivity contribution is 7.80. The van der Waals surface area contributed by atoms with E-state index in [9.17, 15) is 14.4 Å². The minimum atomic E-state index is -0.506. The monoisotopic (exact) mass is 393 g/mol. The predicted octanol–water partition coefficient (Wildman–Crippen LogP) is 1.30. The Hall–Kier alpha value is -0.540. The van der Waals surface area contributed by atoms with Crippen molar-refractivity contribution in [2.24, 2.45) is 0 Å². The average Bonchev–Trinajstić information content (AvgIpc) is 2.57. The molecule has 1 rings (SSSR count). The van der Waals surface area contributed by atoms with Crippen LogP contribution in [0.1, 0.15) is 38.5 Å². The van der Waals surface area contributed by atoms with E-state index in [0.29, 0.717) is 56.2 Å². The molecule has 0 aliphatic heterocycles. The van der Waals surface area contributed by atoms with Crippen LogP contribution < -0.4 is 17.1 Å². The molecule has 0 saturated heterocycles. The molecule has 0 spiro atoms. The lowest BCUT2D eigenvalue weighted by Gasteiger charge is -2.13. The van der Waals surface area contributed by atoms with Crippen LogP contribution in [0, 0.1) is 0 Å². The van der Waals surface area contributed by atoms with Crippen molar-refractivity contribution in [2.45, 2.75) is 58.2 Å². The number of hydrogen-bond donors (Lipinski definition) is 3. The summed E-state index contributed by atoms with van der Waals surface area (Å²) < 4.78 is 3.56. The molecule has 0 unspecified atom stereocenters. The van der Waals surface area contributed by atoms with Gasteiger partial charge in [-0.1, -0.05) is 0 Å². The van der Waals surface area contributed by atoms with Crippen LogP contribution in [0.2, 0.25) is 0 Å². The molecule has 138 valence electrons. The first kappa shape index (κ1) is 21.5. The minimum absolute atomic E-state index is 0.317. The molecule has 0 aromatic carbocycles. The lowest BCUT2D eigenvalue weighted by molar-refractivity contribution is 0.424. The summed E-state index contributed by atoms with van der Waals surface area (Å²) in [5.74, 6) is 2.10. The number of aromatic nitrogens is 3. The molecule has 6 nitrogen and oxygen atoms in total. The summed E-state index contributed by atoms with van der Waals surface area (Å²) in [6, 6.07) is 0. The van der Waals surface area contributed by atoms with Crippen molar-refractivity contribution in [1.82, 2.24) is 13.7 Å². The van der Waals surface area contributed by atoms with Gasteiger partial charge in [0.1, 0.15) is 0 Å². The van der Waals surface area contributed by atoms with Crippen molar-refractivity contribution in [3.63, 3.8) is 0 Å². The molecule has 0 saturated carbocycles. The second kappa shape index (κ2) is 11.9. The van der Waals surface area contributed by atoms with Crippen molar-refractivity contribution in [2.75, 3.05) is 17.3 Å². The second-order valence-electron chi connectivity index (χ2n) is 5.59. The fourth-order valence-corrected chi connectivity index (χ4v) is 3.07. The summed E-state index contributed by atoms with van der Waals surface area (Å²) in [7, 11) is 0. The molecule has 0 fully saturated rings. The van der Waals surface area contributed by atoms with Gasteiger partial charge in [-0.05, 0) is 55.8 Å². The molecule has 0 atom stereocenters. The van der Waals surface area contributed by atoms with E-state index in [4.69, 9.17) is 0 Å². The van der Waals surface area contributed by atoms with Crippen LogP contribution in [-0.4, -0.2) is 31.0 Å². The van der Waals surface area contributed by atoms with Gasteiger partial charge in [-0.3, -0.25) is 0 Å². The van der Waals surface area contributed by atoms with Gasteiger partial charge in [0.15, 0.2) is 0 Å². The Morgan fingerprint density at radius 3 is 0.958 bits per heavy atom. The van der Waals surface area contributed by atoms with Gasteiger partial charge in [0.05, 0.1) is 0 Å². The largest absolute Gasteiger partial charge is 0.336 e.